The topological polar surface area (TPSA) is 137 Å². The highest BCUT2D eigenvalue weighted by atomic mass is 16.7. The summed E-state index contributed by atoms with van der Waals surface area (Å²) in [5.74, 6) is -1.71. The van der Waals surface area contributed by atoms with Crippen LogP contribution in [0.3, 0.4) is 0 Å². The van der Waals surface area contributed by atoms with E-state index in [0.29, 0.717) is 17.9 Å². The van der Waals surface area contributed by atoms with Gasteiger partial charge in [-0.2, -0.15) is 0 Å². The molecule has 214 valence electrons. The molecule has 0 saturated carbocycles. The number of benzene rings is 1. The first kappa shape index (κ1) is 32.9. The molecule has 0 radical (unpaired) electrons. The van der Waals surface area contributed by atoms with Gasteiger partial charge in [0.25, 0.3) is 0 Å². The zero-order valence-corrected chi connectivity index (χ0v) is 24.0. The van der Waals surface area contributed by atoms with Gasteiger partial charge in [0.1, 0.15) is 12.1 Å². The van der Waals surface area contributed by atoms with Crippen LogP contribution in [-0.2, 0) is 30.3 Å². The third-order valence-corrected chi connectivity index (χ3v) is 5.24. The van der Waals surface area contributed by atoms with Crippen molar-refractivity contribution in [1.29, 1.82) is 0 Å². The third kappa shape index (κ3) is 11.9. The maximum Gasteiger partial charge on any atom is 0.508 e. The molecule has 0 spiro atoms. The maximum atomic E-state index is 12.6. The number of carboxylic acids is 1. The second-order valence-electron chi connectivity index (χ2n) is 11.8. The fourth-order valence-corrected chi connectivity index (χ4v) is 2.76. The fourth-order valence-electron chi connectivity index (χ4n) is 2.76. The van der Waals surface area contributed by atoms with Gasteiger partial charge in [-0.15, -0.1) is 0 Å². The van der Waals surface area contributed by atoms with E-state index in [9.17, 15) is 24.3 Å². The molecule has 1 aromatic carbocycles. The Morgan fingerprint density at radius 2 is 1.45 bits per heavy atom. The molecule has 10 heteroatoms. The maximum absolute atomic E-state index is 12.6. The van der Waals surface area contributed by atoms with Gasteiger partial charge in [-0.05, 0) is 84.9 Å². The number of rotatable bonds is 12. The van der Waals surface area contributed by atoms with Crippen molar-refractivity contribution in [3.8, 4) is 11.5 Å². The Labute approximate surface area is 225 Å². The molecule has 2 N–H and O–H groups in total. The standard InChI is InChI=1S/C28H43NO9/c1-17(2)12-13-35-26(34)36-18(3)16-29-20(23(30)31)14-19-10-11-21(37-24(32)27(4,5)6)22(15-19)38-25(33)28(7,8)9/h10-11,15,17-18,20,29H,12-14,16H2,1-9H3,(H,30,31)/t18?,20-/m0/s1. The van der Waals surface area contributed by atoms with Gasteiger partial charge in [-0.25, -0.2) is 4.79 Å². The second-order valence-corrected chi connectivity index (χ2v) is 11.8. The van der Waals surface area contributed by atoms with E-state index in [1.807, 2.05) is 13.8 Å². The zero-order valence-electron chi connectivity index (χ0n) is 24.0. The molecule has 38 heavy (non-hydrogen) atoms. The molecular weight excluding hydrogens is 494 g/mol. The second kappa shape index (κ2) is 14.1. The largest absolute Gasteiger partial charge is 0.508 e. The highest BCUT2D eigenvalue weighted by Crippen LogP contribution is 2.33. The number of carbonyl (C=O) groups is 4. The van der Waals surface area contributed by atoms with Crippen LogP contribution in [-0.4, -0.2) is 54.5 Å². The number of hydrogen-bond donors (Lipinski definition) is 2. The molecule has 1 aromatic rings. The number of esters is 2. The molecule has 1 rings (SSSR count). The summed E-state index contributed by atoms with van der Waals surface area (Å²) in [6.45, 7) is 16.1. The van der Waals surface area contributed by atoms with E-state index in [-0.39, 0.29) is 31.1 Å². The normalized spacial score (nSPS) is 13.4. The summed E-state index contributed by atoms with van der Waals surface area (Å²) in [6.07, 6.45) is -0.707. The number of carbonyl (C=O) groups excluding carboxylic acids is 3. The van der Waals surface area contributed by atoms with Crippen LogP contribution in [0.5, 0.6) is 11.5 Å². The van der Waals surface area contributed by atoms with Crippen LogP contribution in [0.2, 0.25) is 0 Å². The Hall–Kier alpha value is -3.14. The molecule has 0 saturated heterocycles. The Morgan fingerprint density at radius 1 is 0.895 bits per heavy atom. The molecule has 0 bridgehead atoms. The van der Waals surface area contributed by atoms with Gasteiger partial charge in [0.15, 0.2) is 11.5 Å². The van der Waals surface area contributed by atoms with E-state index < -0.39 is 47.0 Å². The first-order chi connectivity index (χ1) is 17.4. The van der Waals surface area contributed by atoms with Crippen LogP contribution in [0.4, 0.5) is 4.79 Å². The highest BCUT2D eigenvalue weighted by molar-refractivity contribution is 5.81. The number of hydrogen-bond acceptors (Lipinski definition) is 9. The van der Waals surface area contributed by atoms with E-state index in [2.05, 4.69) is 5.32 Å². The van der Waals surface area contributed by atoms with Gasteiger partial charge >= 0.3 is 24.1 Å². The summed E-state index contributed by atoms with van der Waals surface area (Å²) in [4.78, 5) is 48.7. The first-order valence-corrected chi connectivity index (χ1v) is 12.8. The van der Waals surface area contributed by atoms with Gasteiger partial charge in [0, 0.05) is 6.54 Å². The van der Waals surface area contributed by atoms with Crippen LogP contribution in [0.15, 0.2) is 18.2 Å². The van der Waals surface area contributed by atoms with Gasteiger partial charge in [0.2, 0.25) is 0 Å². The van der Waals surface area contributed by atoms with E-state index in [4.69, 9.17) is 18.9 Å². The van der Waals surface area contributed by atoms with Crippen molar-refractivity contribution in [2.75, 3.05) is 13.2 Å². The van der Waals surface area contributed by atoms with Crippen molar-refractivity contribution in [2.45, 2.75) is 87.3 Å². The zero-order chi connectivity index (χ0) is 29.3. The van der Waals surface area contributed by atoms with Gasteiger partial charge in [0.05, 0.1) is 17.4 Å². The average molecular weight is 538 g/mol. The molecule has 2 atom stereocenters. The number of ether oxygens (including phenoxy) is 4. The lowest BCUT2D eigenvalue weighted by Gasteiger charge is -2.22. The van der Waals surface area contributed by atoms with Crippen LogP contribution in [0, 0.1) is 16.7 Å². The van der Waals surface area contributed by atoms with Crippen LogP contribution >= 0.6 is 0 Å². The van der Waals surface area contributed by atoms with E-state index in [1.165, 1.54) is 12.1 Å². The van der Waals surface area contributed by atoms with E-state index >= 15 is 0 Å². The summed E-state index contributed by atoms with van der Waals surface area (Å²) in [7, 11) is 0. The molecule has 0 amide bonds. The van der Waals surface area contributed by atoms with Crippen LogP contribution in [0.25, 0.3) is 0 Å². The summed E-state index contributed by atoms with van der Waals surface area (Å²) in [5.41, 5.74) is -1.08. The summed E-state index contributed by atoms with van der Waals surface area (Å²) >= 11 is 0. The molecule has 1 unspecified atom stereocenters. The fraction of sp³-hybridized carbons (Fsp3) is 0.643. The third-order valence-electron chi connectivity index (χ3n) is 5.24. The SMILES string of the molecule is CC(C)CCOC(=O)OC(C)CN[C@@H](Cc1ccc(OC(=O)C(C)(C)C)c(OC(=O)C(C)(C)C)c1)C(=O)O. The van der Waals surface area contributed by atoms with Crippen molar-refractivity contribution in [1.82, 2.24) is 5.32 Å². The Bertz CT molecular complexity index is 974. The molecule has 0 aromatic heterocycles. The Morgan fingerprint density at radius 3 is 1.95 bits per heavy atom. The minimum absolute atomic E-state index is 0.0185. The highest BCUT2D eigenvalue weighted by Gasteiger charge is 2.29. The van der Waals surface area contributed by atoms with Crippen LogP contribution < -0.4 is 14.8 Å². The predicted octanol–water partition coefficient (Wildman–Crippen LogP) is 4.76. The minimum atomic E-state index is -1.12. The molecule has 0 heterocycles. The van der Waals surface area contributed by atoms with Gasteiger partial charge in [-0.3, -0.25) is 14.4 Å². The molecule has 0 aliphatic rings. The smallest absolute Gasteiger partial charge is 0.480 e. The van der Waals surface area contributed by atoms with E-state index in [0.717, 1.165) is 0 Å². The lowest BCUT2D eigenvalue weighted by molar-refractivity contribution is -0.145. The molecule has 0 fully saturated rings. The molecule has 10 nitrogen and oxygen atoms in total. The summed E-state index contributed by atoms with van der Waals surface area (Å²) in [5, 5.41) is 12.6. The van der Waals surface area contributed by atoms with Crippen LogP contribution in [0.1, 0.15) is 74.3 Å². The monoisotopic (exact) mass is 537 g/mol. The summed E-state index contributed by atoms with van der Waals surface area (Å²) in [6, 6.07) is 3.52. The van der Waals surface area contributed by atoms with Crippen molar-refractivity contribution in [2.24, 2.45) is 16.7 Å². The minimum Gasteiger partial charge on any atom is -0.480 e. The predicted molar refractivity (Wildman–Crippen MR) is 141 cm³/mol. The van der Waals surface area contributed by atoms with Gasteiger partial charge < -0.3 is 29.4 Å². The number of aliphatic carboxylic acids is 1. The average Bonchev–Trinajstić information content (AvgIpc) is 2.76. The summed E-state index contributed by atoms with van der Waals surface area (Å²) < 4.78 is 21.2. The lowest BCUT2D eigenvalue weighted by atomic mass is 9.97. The van der Waals surface area contributed by atoms with Crippen molar-refractivity contribution in [3.05, 3.63) is 23.8 Å². The molecule has 0 aliphatic carbocycles. The number of carboxylic acid groups (broad SMARTS) is 1. The molecular formula is C28H43NO9. The Kier molecular flexibility index (Phi) is 12.2. The lowest BCUT2D eigenvalue weighted by Crippen LogP contribution is -2.42. The molecule has 0 aliphatic heterocycles. The quantitative estimate of drug-likeness (QED) is 0.283. The van der Waals surface area contributed by atoms with Crippen molar-refractivity contribution < 1.29 is 43.2 Å². The Balaban J connectivity index is 2.97. The van der Waals surface area contributed by atoms with Gasteiger partial charge in [-0.1, -0.05) is 19.9 Å². The van der Waals surface area contributed by atoms with Crippen molar-refractivity contribution in [3.63, 3.8) is 0 Å². The number of nitrogens with one attached hydrogen (secondary N) is 1. The van der Waals surface area contributed by atoms with Crippen molar-refractivity contribution >= 4 is 24.1 Å². The van der Waals surface area contributed by atoms with E-state index in [1.54, 1.807) is 54.5 Å². The first-order valence-electron chi connectivity index (χ1n) is 12.8.